The number of nitrogens with one attached hydrogen (secondary N) is 1. The lowest BCUT2D eigenvalue weighted by atomic mass is 10.1. The molecular formula is C24H35N3O5S2. The monoisotopic (exact) mass is 509 g/mol. The van der Waals surface area contributed by atoms with Crippen LogP contribution in [0.5, 0.6) is 11.5 Å². The number of rotatable bonds is 9. The van der Waals surface area contributed by atoms with Crippen LogP contribution in [0.2, 0.25) is 0 Å². The number of phenolic OH excluding ortho intramolecular Hbond substituents is 1. The molecule has 2 N–H and O–H groups in total. The van der Waals surface area contributed by atoms with E-state index in [2.05, 4.69) is 29.8 Å². The Morgan fingerprint density at radius 2 is 1.97 bits per heavy atom. The van der Waals surface area contributed by atoms with Crippen LogP contribution < -0.4 is 10.1 Å². The minimum absolute atomic E-state index is 0.00274. The van der Waals surface area contributed by atoms with Crippen LogP contribution in [-0.2, 0) is 14.4 Å². The highest BCUT2D eigenvalue weighted by atomic mass is 32.2. The van der Waals surface area contributed by atoms with Crippen molar-refractivity contribution < 1.29 is 24.2 Å². The first-order valence-electron chi connectivity index (χ1n) is 10.4. The Bertz CT molecular complexity index is 918. The summed E-state index contributed by atoms with van der Waals surface area (Å²) < 4.78 is 5.19. The first kappa shape index (κ1) is 31.0. The molecule has 34 heavy (non-hydrogen) atoms. The van der Waals surface area contributed by atoms with Gasteiger partial charge in [0.2, 0.25) is 12.3 Å². The number of likely N-dealkylation sites (N-methyl/N-ethyl adjacent to an activating group) is 2. The Morgan fingerprint density at radius 1 is 1.32 bits per heavy atom. The minimum atomic E-state index is -0.247. The molecule has 0 aliphatic heterocycles. The van der Waals surface area contributed by atoms with Gasteiger partial charge >= 0.3 is 0 Å². The Labute approximate surface area is 210 Å². The zero-order valence-corrected chi connectivity index (χ0v) is 22.5. The van der Waals surface area contributed by atoms with Crippen molar-refractivity contribution in [3.05, 3.63) is 40.2 Å². The SMILES string of the molecule is CCC=O.CNc1cc(OC)c(O)c(/C=C/N(C)C(=O)CN(C)C=O)c1SC.Cc1cccs1. The Hall–Kier alpha value is -2.98. The second-order valence-electron chi connectivity index (χ2n) is 6.81. The first-order chi connectivity index (χ1) is 16.2. The zero-order valence-electron chi connectivity index (χ0n) is 20.8. The molecule has 1 aromatic carbocycles. The minimum Gasteiger partial charge on any atom is -0.504 e. The van der Waals surface area contributed by atoms with E-state index < -0.39 is 0 Å². The molecule has 0 aliphatic rings. The van der Waals surface area contributed by atoms with Crippen molar-refractivity contribution in [3.8, 4) is 11.5 Å². The largest absolute Gasteiger partial charge is 0.504 e. The smallest absolute Gasteiger partial charge is 0.245 e. The van der Waals surface area contributed by atoms with E-state index in [-0.39, 0.29) is 18.2 Å². The van der Waals surface area contributed by atoms with Crippen LogP contribution in [0.25, 0.3) is 6.08 Å². The zero-order chi connectivity index (χ0) is 26.1. The van der Waals surface area contributed by atoms with Gasteiger partial charge in [0, 0.05) is 55.2 Å². The van der Waals surface area contributed by atoms with Crippen LogP contribution in [0.3, 0.4) is 0 Å². The number of carbonyl (C=O) groups excluding carboxylic acids is 3. The van der Waals surface area contributed by atoms with Crippen LogP contribution in [0, 0.1) is 6.92 Å². The number of carbonyl (C=O) groups is 3. The van der Waals surface area contributed by atoms with Crippen LogP contribution in [0.15, 0.2) is 34.7 Å². The molecule has 0 atom stereocenters. The number of aromatic hydroxyl groups is 1. The predicted octanol–water partition coefficient (Wildman–Crippen LogP) is 4.33. The van der Waals surface area contributed by atoms with Crippen LogP contribution in [0.1, 0.15) is 23.8 Å². The molecule has 0 radical (unpaired) electrons. The van der Waals surface area contributed by atoms with E-state index in [0.29, 0.717) is 24.1 Å². The summed E-state index contributed by atoms with van der Waals surface area (Å²) in [4.78, 5) is 36.6. The summed E-state index contributed by atoms with van der Waals surface area (Å²) in [5, 5.41) is 15.5. The molecule has 10 heteroatoms. The van der Waals surface area contributed by atoms with Gasteiger partial charge in [-0.15, -0.1) is 23.1 Å². The number of methoxy groups -OCH3 is 1. The molecule has 2 amide bonds. The first-order valence-corrected chi connectivity index (χ1v) is 12.5. The lowest BCUT2D eigenvalue weighted by Gasteiger charge is -2.18. The van der Waals surface area contributed by atoms with Crippen molar-refractivity contribution in [2.75, 3.05) is 46.4 Å². The van der Waals surface area contributed by atoms with Crippen molar-refractivity contribution in [2.45, 2.75) is 25.2 Å². The number of thioether (sulfide) groups is 1. The standard InChI is InChI=1S/C16H23N3O4S.C5H6S.C3H6O/c1-17-12-8-13(23-4)15(22)11(16(12)24-5)6-7-19(3)14(21)9-18(2)10-20;1-5-3-2-4-6-5;1-2-3-4/h6-8,10,17,22H,9H2,1-5H3;2-4H,1H3;3H,2H2,1H3/b7-6+;;. The van der Waals surface area contributed by atoms with Gasteiger partial charge in [-0.3, -0.25) is 9.59 Å². The summed E-state index contributed by atoms with van der Waals surface area (Å²) in [6.45, 7) is 3.89. The average molecular weight is 510 g/mol. The second kappa shape index (κ2) is 17.5. The number of anilines is 1. The summed E-state index contributed by atoms with van der Waals surface area (Å²) in [6, 6.07) is 5.87. The third-order valence-corrected chi connectivity index (χ3v) is 5.85. The number of amides is 2. The number of hydrogen-bond donors (Lipinski definition) is 2. The summed E-state index contributed by atoms with van der Waals surface area (Å²) in [5.41, 5.74) is 1.36. The van der Waals surface area contributed by atoms with E-state index in [9.17, 15) is 19.5 Å². The fourth-order valence-electron chi connectivity index (χ4n) is 2.36. The third-order valence-electron chi connectivity index (χ3n) is 4.20. The van der Waals surface area contributed by atoms with Gasteiger partial charge in [0.15, 0.2) is 11.5 Å². The molecule has 1 heterocycles. The maximum absolute atomic E-state index is 12.0. The lowest BCUT2D eigenvalue weighted by Crippen LogP contribution is -2.33. The molecule has 1 aromatic heterocycles. The molecule has 0 spiro atoms. The maximum Gasteiger partial charge on any atom is 0.245 e. The molecular weight excluding hydrogens is 474 g/mol. The van der Waals surface area contributed by atoms with Gasteiger partial charge in [0.1, 0.15) is 6.29 Å². The van der Waals surface area contributed by atoms with Gasteiger partial charge in [0.25, 0.3) is 0 Å². The molecule has 2 aromatic rings. The molecule has 0 fully saturated rings. The van der Waals surface area contributed by atoms with Crippen molar-refractivity contribution >= 4 is 53.5 Å². The predicted molar refractivity (Wildman–Crippen MR) is 142 cm³/mol. The summed E-state index contributed by atoms with van der Waals surface area (Å²) in [7, 11) is 6.38. The molecule has 0 bridgehead atoms. The van der Waals surface area contributed by atoms with E-state index in [1.54, 1.807) is 43.8 Å². The molecule has 0 unspecified atom stereocenters. The van der Waals surface area contributed by atoms with Gasteiger partial charge in [-0.05, 0) is 30.7 Å². The van der Waals surface area contributed by atoms with Crippen molar-refractivity contribution in [2.24, 2.45) is 0 Å². The van der Waals surface area contributed by atoms with E-state index in [4.69, 9.17) is 4.74 Å². The quantitative estimate of drug-likeness (QED) is 0.295. The Balaban J connectivity index is 0.000000896. The number of aryl methyl sites for hydroxylation is 1. The highest BCUT2D eigenvalue weighted by molar-refractivity contribution is 7.98. The number of ether oxygens (including phenoxy) is 1. The fraction of sp³-hybridized carbons (Fsp3) is 0.375. The van der Waals surface area contributed by atoms with Gasteiger partial charge in [-0.1, -0.05) is 13.0 Å². The summed E-state index contributed by atoms with van der Waals surface area (Å²) >= 11 is 3.24. The third kappa shape index (κ3) is 10.8. The van der Waals surface area contributed by atoms with Crippen LogP contribution >= 0.6 is 23.1 Å². The van der Waals surface area contributed by atoms with Crippen LogP contribution in [-0.4, -0.2) is 74.6 Å². The number of thiophene rings is 1. The van der Waals surface area contributed by atoms with E-state index in [1.165, 1.54) is 40.6 Å². The van der Waals surface area contributed by atoms with Gasteiger partial charge in [-0.2, -0.15) is 0 Å². The molecule has 2 rings (SSSR count). The summed E-state index contributed by atoms with van der Waals surface area (Å²) in [5.74, 6) is 0.0946. The normalized spacial score (nSPS) is 9.74. The lowest BCUT2D eigenvalue weighted by molar-refractivity contribution is -0.131. The molecule has 188 valence electrons. The fourth-order valence-corrected chi connectivity index (χ4v) is 3.65. The average Bonchev–Trinajstić information content (AvgIpc) is 3.33. The Morgan fingerprint density at radius 3 is 2.35 bits per heavy atom. The highest BCUT2D eigenvalue weighted by Gasteiger charge is 2.16. The topological polar surface area (TPSA) is 99.2 Å². The summed E-state index contributed by atoms with van der Waals surface area (Å²) in [6.07, 6.45) is 7.19. The van der Waals surface area contributed by atoms with Crippen molar-refractivity contribution in [1.29, 1.82) is 0 Å². The second-order valence-corrected chi connectivity index (χ2v) is 8.78. The highest BCUT2D eigenvalue weighted by Crippen LogP contribution is 2.42. The van der Waals surface area contributed by atoms with Gasteiger partial charge in [-0.25, -0.2) is 0 Å². The Kier molecular flexibility index (Phi) is 16.0. The van der Waals surface area contributed by atoms with Gasteiger partial charge in [0.05, 0.1) is 19.3 Å². The van der Waals surface area contributed by atoms with E-state index >= 15 is 0 Å². The number of nitrogens with zero attached hydrogens (tertiary/aromatic N) is 2. The van der Waals surface area contributed by atoms with E-state index in [0.717, 1.165) is 16.9 Å². The molecule has 8 nitrogen and oxygen atoms in total. The van der Waals surface area contributed by atoms with Crippen molar-refractivity contribution in [3.63, 3.8) is 0 Å². The van der Waals surface area contributed by atoms with Crippen LogP contribution in [0.4, 0.5) is 5.69 Å². The van der Waals surface area contributed by atoms with E-state index in [1.807, 2.05) is 13.2 Å². The number of hydrogen-bond acceptors (Lipinski definition) is 8. The number of aldehydes is 1. The number of benzene rings is 1. The molecule has 0 aliphatic carbocycles. The molecule has 0 saturated heterocycles. The van der Waals surface area contributed by atoms with Gasteiger partial charge < -0.3 is 29.8 Å². The maximum atomic E-state index is 12.0. The number of phenols is 1. The van der Waals surface area contributed by atoms with Crippen molar-refractivity contribution in [1.82, 2.24) is 9.80 Å². The molecule has 0 saturated carbocycles.